The van der Waals surface area contributed by atoms with Gasteiger partial charge in [0.1, 0.15) is 0 Å². The van der Waals surface area contributed by atoms with Crippen LogP contribution in [0, 0.1) is 5.82 Å². The molecule has 0 aliphatic carbocycles. The Kier molecular flexibility index (Phi) is 4.26. The number of aromatic nitrogens is 3. The summed E-state index contributed by atoms with van der Waals surface area (Å²) in [5.74, 6) is 3.66. The molecule has 0 fully saturated rings. The van der Waals surface area contributed by atoms with E-state index in [1.807, 2.05) is 13.1 Å². The molecule has 0 atom stereocenters. The van der Waals surface area contributed by atoms with E-state index in [1.54, 1.807) is 10.9 Å². The van der Waals surface area contributed by atoms with Crippen molar-refractivity contribution in [1.29, 1.82) is 0 Å². The van der Waals surface area contributed by atoms with Gasteiger partial charge in [-0.2, -0.15) is 5.10 Å². The molecule has 0 spiro atoms. The van der Waals surface area contributed by atoms with Gasteiger partial charge >= 0.3 is 0 Å². The van der Waals surface area contributed by atoms with Crippen molar-refractivity contribution >= 4 is 11.7 Å². The predicted octanol–water partition coefficient (Wildman–Crippen LogP) is 0.212. The lowest BCUT2D eigenvalue weighted by Gasteiger charge is -2.08. The van der Waals surface area contributed by atoms with Crippen molar-refractivity contribution in [2.75, 3.05) is 12.0 Å². The Bertz CT molecular complexity index is 612. The fourth-order valence-corrected chi connectivity index (χ4v) is 1.77. The summed E-state index contributed by atoms with van der Waals surface area (Å²) in [5.41, 5.74) is 2.98. The van der Waals surface area contributed by atoms with Crippen LogP contribution in [-0.4, -0.2) is 27.2 Å². The van der Waals surface area contributed by atoms with Crippen LogP contribution in [0.2, 0.25) is 0 Å². The van der Waals surface area contributed by atoms with Crippen molar-refractivity contribution in [2.24, 2.45) is 12.9 Å². The van der Waals surface area contributed by atoms with Gasteiger partial charge in [-0.15, -0.1) is 0 Å². The second-order valence-electron chi connectivity index (χ2n) is 4.12. The van der Waals surface area contributed by atoms with E-state index in [0.717, 1.165) is 5.69 Å². The van der Waals surface area contributed by atoms with Crippen LogP contribution in [0.1, 0.15) is 16.1 Å². The number of pyridine rings is 1. The summed E-state index contributed by atoms with van der Waals surface area (Å²) in [6.07, 6.45) is 3.60. The molecule has 20 heavy (non-hydrogen) atoms. The van der Waals surface area contributed by atoms with Crippen LogP contribution in [0.4, 0.5) is 10.2 Å². The lowest BCUT2D eigenvalue weighted by atomic mass is 10.2. The van der Waals surface area contributed by atoms with Crippen LogP contribution in [0.25, 0.3) is 0 Å². The zero-order valence-corrected chi connectivity index (χ0v) is 10.9. The molecule has 8 heteroatoms. The van der Waals surface area contributed by atoms with E-state index in [-0.39, 0.29) is 11.4 Å². The molecule has 2 aromatic heterocycles. The van der Waals surface area contributed by atoms with Gasteiger partial charge in [0, 0.05) is 38.1 Å². The first-order chi connectivity index (χ1) is 9.63. The Morgan fingerprint density at radius 3 is 2.90 bits per heavy atom. The average Bonchev–Trinajstić information content (AvgIpc) is 2.84. The third-order valence-corrected chi connectivity index (χ3v) is 2.86. The Labute approximate surface area is 115 Å². The molecular formula is C12H15FN6O. The molecule has 0 aliphatic heterocycles. The first-order valence-corrected chi connectivity index (χ1v) is 5.99. The van der Waals surface area contributed by atoms with Gasteiger partial charge in [0.25, 0.3) is 5.91 Å². The van der Waals surface area contributed by atoms with E-state index in [2.05, 4.69) is 20.8 Å². The number of nitrogens with two attached hydrogens (primary N) is 1. The second kappa shape index (κ2) is 6.11. The zero-order valence-electron chi connectivity index (χ0n) is 10.9. The second-order valence-corrected chi connectivity index (χ2v) is 4.12. The molecule has 0 radical (unpaired) electrons. The number of carbonyl (C=O) groups is 1. The van der Waals surface area contributed by atoms with E-state index >= 15 is 0 Å². The molecule has 2 aromatic rings. The molecule has 106 valence electrons. The van der Waals surface area contributed by atoms with Gasteiger partial charge in [-0.25, -0.2) is 15.2 Å². The number of hydrazine groups is 1. The summed E-state index contributed by atoms with van der Waals surface area (Å²) < 4.78 is 15.5. The Balaban J connectivity index is 1.97. The number of aryl methyl sites for hydroxylation is 1. The molecular weight excluding hydrogens is 263 g/mol. The summed E-state index contributed by atoms with van der Waals surface area (Å²) in [6.45, 7) is 0.380. The van der Waals surface area contributed by atoms with E-state index in [9.17, 15) is 9.18 Å². The van der Waals surface area contributed by atoms with Gasteiger partial charge in [-0.3, -0.25) is 9.48 Å². The molecule has 0 saturated heterocycles. The van der Waals surface area contributed by atoms with Crippen molar-refractivity contribution in [3.8, 4) is 0 Å². The lowest BCUT2D eigenvalue weighted by Crippen LogP contribution is -2.27. The fraction of sp³-hybridized carbons (Fsp3) is 0.250. The van der Waals surface area contributed by atoms with Crippen molar-refractivity contribution in [1.82, 2.24) is 20.1 Å². The van der Waals surface area contributed by atoms with Gasteiger partial charge in [-0.1, -0.05) is 0 Å². The van der Waals surface area contributed by atoms with Gasteiger partial charge < -0.3 is 10.7 Å². The first-order valence-electron chi connectivity index (χ1n) is 5.99. The number of amides is 1. The molecule has 4 N–H and O–H groups in total. The highest BCUT2D eigenvalue weighted by Gasteiger charge is 2.15. The maximum Gasteiger partial charge on any atom is 0.254 e. The first kappa shape index (κ1) is 13.9. The minimum Gasteiger partial charge on any atom is -0.352 e. The van der Waals surface area contributed by atoms with E-state index < -0.39 is 11.7 Å². The average molecular weight is 278 g/mol. The van der Waals surface area contributed by atoms with E-state index in [1.165, 1.54) is 12.3 Å². The molecule has 7 nitrogen and oxygen atoms in total. The Morgan fingerprint density at radius 2 is 2.25 bits per heavy atom. The van der Waals surface area contributed by atoms with Gasteiger partial charge in [0.05, 0.1) is 5.56 Å². The monoisotopic (exact) mass is 278 g/mol. The summed E-state index contributed by atoms with van der Waals surface area (Å²) in [7, 11) is 1.82. The quantitative estimate of drug-likeness (QED) is 0.536. The van der Waals surface area contributed by atoms with Crippen molar-refractivity contribution in [3.05, 3.63) is 41.6 Å². The topological polar surface area (TPSA) is 97.9 Å². The van der Waals surface area contributed by atoms with Gasteiger partial charge in [0.2, 0.25) is 0 Å². The minimum absolute atomic E-state index is 0.0991. The maximum atomic E-state index is 13.8. The van der Waals surface area contributed by atoms with Gasteiger partial charge in [0.15, 0.2) is 11.6 Å². The van der Waals surface area contributed by atoms with Crippen molar-refractivity contribution < 1.29 is 9.18 Å². The number of hydrogen-bond acceptors (Lipinski definition) is 5. The molecule has 0 unspecified atom stereocenters. The molecule has 0 aromatic carbocycles. The molecule has 2 heterocycles. The smallest absolute Gasteiger partial charge is 0.254 e. The zero-order chi connectivity index (χ0) is 14.5. The van der Waals surface area contributed by atoms with Gasteiger partial charge in [-0.05, 0) is 12.1 Å². The minimum atomic E-state index is -0.770. The number of anilines is 1. The van der Waals surface area contributed by atoms with E-state index in [4.69, 9.17) is 5.84 Å². The highest BCUT2D eigenvalue weighted by Crippen LogP contribution is 2.13. The number of carbonyl (C=O) groups excluding carboxylic acids is 1. The Hall–Kier alpha value is -2.48. The van der Waals surface area contributed by atoms with Crippen LogP contribution in [0.5, 0.6) is 0 Å². The van der Waals surface area contributed by atoms with E-state index in [0.29, 0.717) is 13.0 Å². The molecule has 0 aliphatic rings. The summed E-state index contributed by atoms with van der Waals surface area (Å²) in [4.78, 5) is 15.5. The van der Waals surface area contributed by atoms with Crippen LogP contribution >= 0.6 is 0 Å². The third kappa shape index (κ3) is 2.91. The number of halogens is 1. The number of nitrogens with zero attached hydrogens (tertiary/aromatic N) is 3. The number of nitrogens with one attached hydrogen (secondary N) is 2. The molecule has 0 bridgehead atoms. The molecule has 0 saturated carbocycles. The maximum absolute atomic E-state index is 13.8. The van der Waals surface area contributed by atoms with Crippen molar-refractivity contribution in [3.63, 3.8) is 0 Å². The normalized spacial score (nSPS) is 10.3. The van der Waals surface area contributed by atoms with Crippen LogP contribution < -0.4 is 16.6 Å². The van der Waals surface area contributed by atoms with Crippen molar-refractivity contribution in [2.45, 2.75) is 6.42 Å². The highest BCUT2D eigenvalue weighted by molar-refractivity contribution is 5.95. The number of nitrogen functional groups attached to an aromatic ring is 1. The lowest BCUT2D eigenvalue weighted by molar-refractivity contribution is 0.0950. The largest absolute Gasteiger partial charge is 0.352 e. The summed E-state index contributed by atoms with van der Waals surface area (Å²) in [6, 6.07) is 3.16. The number of hydrogen-bond donors (Lipinski definition) is 3. The SMILES string of the molecule is Cn1nccc1CCNC(=O)c1ccnc(NN)c1F. The van der Waals surface area contributed by atoms with Crippen LogP contribution in [0.3, 0.4) is 0 Å². The molecule has 2 rings (SSSR count). The standard InChI is InChI=1S/C12H15FN6O/c1-19-8(3-7-17-19)2-5-16-12(20)9-4-6-15-11(18-14)10(9)13/h3-4,6-7H,2,5,14H2,1H3,(H,15,18)(H,16,20). The predicted molar refractivity (Wildman–Crippen MR) is 71.3 cm³/mol. The fourth-order valence-electron chi connectivity index (χ4n) is 1.77. The number of rotatable bonds is 5. The van der Waals surface area contributed by atoms with Crippen LogP contribution in [-0.2, 0) is 13.5 Å². The molecule has 1 amide bonds. The van der Waals surface area contributed by atoms with Crippen LogP contribution in [0.15, 0.2) is 24.5 Å². The highest BCUT2D eigenvalue weighted by atomic mass is 19.1. The summed E-state index contributed by atoms with van der Waals surface area (Å²) in [5, 5.41) is 6.66. The summed E-state index contributed by atoms with van der Waals surface area (Å²) >= 11 is 0. The third-order valence-electron chi connectivity index (χ3n) is 2.86. The Morgan fingerprint density at radius 1 is 1.45 bits per heavy atom.